The molecule has 5 N–H and O–H groups in total. The van der Waals surface area contributed by atoms with Gasteiger partial charge in [-0.3, -0.25) is 15.6 Å². The Morgan fingerprint density at radius 3 is 2.34 bits per heavy atom. The van der Waals surface area contributed by atoms with Crippen molar-refractivity contribution in [2.45, 2.75) is 32.4 Å². The number of aliphatic hydroxyl groups is 1. The molecular formula is C24H33N5O3. The molecule has 0 aliphatic heterocycles. The van der Waals surface area contributed by atoms with E-state index >= 15 is 0 Å². The zero-order chi connectivity index (χ0) is 23.3. The third-order valence-electron chi connectivity index (χ3n) is 4.82. The van der Waals surface area contributed by atoms with Crippen LogP contribution < -0.4 is 15.4 Å². The van der Waals surface area contributed by atoms with Gasteiger partial charge in [-0.2, -0.15) is 0 Å². The fourth-order valence-electron chi connectivity index (χ4n) is 3.04. The summed E-state index contributed by atoms with van der Waals surface area (Å²) < 4.78 is 5.20. The third kappa shape index (κ3) is 8.87. The van der Waals surface area contributed by atoms with Crippen molar-refractivity contribution < 1.29 is 14.6 Å². The van der Waals surface area contributed by atoms with Gasteiger partial charge < -0.3 is 25.4 Å². The summed E-state index contributed by atoms with van der Waals surface area (Å²) in [6.45, 7) is 2.38. The number of aryl methyl sites for hydroxylation is 1. The summed E-state index contributed by atoms with van der Waals surface area (Å²) in [4.78, 5) is 13.6. The Bertz CT molecular complexity index is 869. The van der Waals surface area contributed by atoms with Crippen LogP contribution in [0.3, 0.4) is 0 Å². The van der Waals surface area contributed by atoms with Crippen molar-refractivity contribution >= 4 is 17.6 Å². The lowest BCUT2D eigenvalue weighted by atomic mass is 10.1. The summed E-state index contributed by atoms with van der Waals surface area (Å²) >= 11 is 0. The quantitative estimate of drug-likeness (QED) is 0.256. The molecule has 8 heteroatoms. The number of rotatable bonds is 12. The summed E-state index contributed by atoms with van der Waals surface area (Å²) in [5.74, 6) is 0.931. The fourth-order valence-corrected chi connectivity index (χ4v) is 3.04. The Balaban J connectivity index is 2.00. The predicted octanol–water partition coefficient (Wildman–Crippen LogP) is 2.17. The van der Waals surface area contributed by atoms with E-state index < -0.39 is 6.10 Å². The summed E-state index contributed by atoms with van der Waals surface area (Å²) in [5.41, 5.74) is 2.07. The molecule has 0 aliphatic carbocycles. The van der Waals surface area contributed by atoms with Gasteiger partial charge in [-0.15, -0.1) is 0 Å². The molecule has 0 aliphatic rings. The van der Waals surface area contributed by atoms with Gasteiger partial charge in [0.05, 0.1) is 32.8 Å². The number of carbonyl (C=O) groups excluding carboxylic acids is 1. The standard InChI is InChI=1S/C24H33N5O3/c1-18(30)14-27-16-24(31)28-15-23(26)29(17-20-8-11-21(32-2)12-9-20)22(25)13-10-19-6-4-3-5-7-19/h3-9,11-12,18,25-27,30H,10,13-17H2,1-2H3,(H,28,31). The largest absolute Gasteiger partial charge is 0.497 e. The van der Waals surface area contributed by atoms with E-state index in [2.05, 4.69) is 10.6 Å². The number of nitrogens with zero attached hydrogens (tertiary/aromatic N) is 1. The number of hydrogen-bond donors (Lipinski definition) is 5. The third-order valence-corrected chi connectivity index (χ3v) is 4.82. The first kappa shape index (κ1) is 25.0. The van der Waals surface area contributed by atoms with Crippen LogP contribution in [0, 0.1) is 10.8 Å². The highest BCUT2D eigenvalue weighted by molar-refractivity contribution is 6.00. The number of carbonyl (C=O) groups is 1. The second-order valence-corrected chi connectivity index (χ2v) is 7.57. The van der Waals surface area contributed by atoms with Crippen molar-refractivity contribution in [3.8, 4) is 5.75 Å². The average Bonchev–Trinajstić information content (AvgIpc) is 2.80. The molecule has 0 fully saturated rings. The van der Waals surface area contributed by atoms with Crippen LogP contribution in [0.25, 0.3) is 0 Å². The van der Waals surface area contributed by atoms with Gasteiger partial charge >= 0.3 is 0 Å². The lowest BCUT2D eigenvalue weighted by Crippen LogP contribution is -2.44. The first-order chi connectivity index (χ1) is 15.4. The molecule has 1 atom stereocenters. The molecule has 1 amide bonds. The number of amides is 1. The highest BCUT2D eigenvalue weighted by Gasteiger charge is 2.17. The molecule has 0 saturated carbocycles. The van der Waals surface area contributed by atoms with Gasteiger partial charge in [-0.25, -0.2) is 0 Å². The molecule has 8 nitrogen and oxygen atoms in total. The number of amidine groups is 2. The number of hydrogen-bond acceptors (Lipinski definition) is 6. The smallest absolute Gasteiger partial charge is 0.234 e. The lowest BCUT2D eigenvalue weighted by molar-refractivity contribution is -0.120. The topological polar surface area (TPSA) is 122 Å². The molecule has 32 heavy (non-hydrogen) atoms. The molecule has 2 aromatic carbocycles. The first-order valence-electron chi connectivity index (χ1n) is 10.6. The molecule has 0 saturated heterocycles. The van der Waals surface area contributed by atoms with E-state index in [-0.39, 0.29) is 24.8 Å². The maximum Gasteiger partial charge on any atom is 0.234 e. The number of nitrogens with one attached hydrogen (secondary N) is 4. The van der Waals surface area contributed by atoms with E-state index in [0.717, 1.165) is 16.9 Å². The zero-order valence-electron chi connectivity index (χ0n) is 18.7. The minimum Gasteiger partial charge on any atom is -0.497 e. The van der Waals surface area contributed by atoms with E-state index in [9.17, 15) is 9.90 Å². The molecule has 2 rings (SSSR count). The van der Waals surface area contributed by atoms with Crippen LogP contribution in [0.4, 0.5) is 0 Å². The predicted molar refractivity (Wildman–Crippen MR) is 126 cm³/mol. The highest BCUT2D eigenvalue weighted by Crippen LogP contribution is 2.14. The van der Waals surface area contributed by atoms with Crippen LogP contribution in [0.15, 0.2) is 54.6 Å². The highest BCUT2D eigenvalue weighted by atomic mass is 16.5. The van der Waals surface area contributed by atoms with Crippen LogP contribution in [-0.4, -0.2) is 60.4 Å². The second-order valence-electron chi connectivity index (χ2n) is 7.57. The Morgan fingerprint density at radius 2 is 1.72 bits per heavy atom. The van der Waals surface area contributed by atoms with Gasteiger partial charge in [0.25, 0.3) is 0 Å². The summed E-state index contributed by atoms with van der Waals surface area (Å²) in [6.07, 6.45) is 0.639. The number of aliphatic hydroxyl groups excluding tert-OH is 1. The maximum atomic E-state index is 12.0. The molecule has 0 radical (unpaired) electrons. The second kappa shape index (κ2) is 13.2. The van der Waals surface area contributed by atoms with Crippen LogP contribution >= 0.6 is 0 Å². The van der Waals surface area contributed by atoms with Crippen LogP contribution in [0.1, 0.15) is 24.5 Å². The number of benzene rings is 2. The van der Waals surface area contributed by atoms with Crippen LogP contribution in [0.5, 0.6) is 5.75 Å². The van der Waals surface area contributed by atoms with Gasteiger partial charge in [0, 0.05) is 13.0 Å². The molecule has 1 unspecified atom stereocenters. The van der Waals surface area contributed by atoms with Crippen LogP contribution in [-0.2, 0) is 17.8 Å². The molecule has 0 bridgehead atoms. The zero-order valence-corrected chi connectivity index (χ0v) is 18.7. The van der Waals surface area contributed by atoms with Gasteiger partial charge in [0.1, 0.15) is 17.4 Å². The van der Waals surface area contributed by atoms with Gasteiger partial charge in [-0.1, -0.05) is 42.5 Å². The molecule has 0 spiro atoms. The average molecular weight is 440 g/mol. The summed E-state index contributed by atoms with van der Waals surface area (Å²) in [6, 6.07) is 17.4. The van der Waals surface area contributed by atoms with Gasteiger partial charge in [-0.05, 0) is 36.6 Å². The van der Waals surface area contributed by atoms with Gasteiger partial charge in [0.15, 0.2) is 0 Å². The minimum atomic E-state index is -0.536. The Kier molecular flexibility index (Phi) is 10.4. The number of methoxy groups -OCH3 is 1. The molecule has 172 valence electrons. The van der Waals surface area contributed by atoms with Gasteiger partial charge in [0.2, 0.25) is 5.91 Å². The van der Waals surface area contributed by atoms with E-state index in [1.807, 2.05) is 54.6 Å². The Labute approximate surface area is 189 Å². The summed E-state index contributed by atoms with van der Waals surface area (Å²) in [7, 11) is 1.61. The summed E-state index contributed by atoms with van der Waals surface area (Å²) in [5, 5.41) is 31.9. The van der Waals surface area contributed by atoms with Crippen molar-refractivity contribution in [3.05, 3.63) is 65.7 Å². The normalized spacial score (nSPS) is 11.5. The van der Waals surface area contributed by atoms with Crippen molar-refractivity contribution in [2.75, 3.05) is 26.7 Å². The van der Waals surface area contributed by atoms with E-state index in [1.54, 1.807) is 18.9 Å². The van der Waals surface area contributed by atoms with Crippen LogP contribution in [0.2, 0.25) is 0 Å². The Hall–Kier alpha value is -3.23. The molecular weight excluding hydrogens is 406 g/mol. The lowest BCUT2D eigenvalue weighted by Gasteiger charge is -2.26. The Morgan fingerprint density at radius 1 is 1.03 bits per heavy atom. The van der Waals surface area contributed by atoms with Crippen molar-refractivity contribution in [2.24, 2.45) is 0 Å². The van der Waals surface area contributed by atoms with E-state index in [0.29, 0.717) is 31.8 Å². The monoisotopic (exact) mass is 439 g/mol. The number of ether oxygens (including phenoxy) is 1. The first-order valence-corrected chi connectivity index (χ1v) is 10.6. The van der Waals surface area contributed by atoms with E-state index in [4.69, 9.17) is 15.6 Å². The maximum absolute atomic E-state index is 12.0. The molecule has 0 heterocycles. The SMILES string of the molecule is COc1ccc(CN(C(=N)CCc2ccccc2)C(=N)CNC(=O)CNCC(C)O)cc1. The van der Waals surface area contributed by atoms with Crippen molar-refractivity contribution in [1.82, 2.24) is 15.5 Å². The molecule has 0 aromatic heterocycles. The minimum absolute atomic E-state index is 0.0130. The van der Waals surface area contributed by atoms with Crippen molar-refractivity contribution in [3.63, 3.8) is 0 Å². The van der Waals surface area contributed by atoms with Crippen molar-refractivity contribution in [1.29, 1.82) is 10.8 Å². The molecule has 2 aromatic rings. The fraction of sp³-hybridized carbons (Fsp3) is 0.375. The van der Waals surface area contributed by atoms with E-state index in [1.165, 1.54) is 0 Å².